The number of carbonyl (C=O) groups is 1. The number of ether oxygens (including phenoxy) is 1. The number of nitrogens with zero attached hydrogens (tertiary/aromatic N) is 4. The summed E-state index contributed by atoms with van der Waals surface area (Å²) in [4.78, 5) is 25.8. The van der Waals surface area contributed by atoms with Gasteiger partial charge in [0, 0.05) is 29.6 Å². The van der Waals surface area contributed by atoms with E-state index in [0.29, 0.717) is 23.1 Å². The zero-order valence-electron chi connectivity index (χ0n) is 15.1. The monoisotopic (exact) mass is 351 g/mol. The van der Waals surface area contributed by atoms with Crippen LogP contribution in [0.25, 0.3) is 16.9 Å². The van der Waals surface area contributed by atoms with E-state index in [2.05, 4.69) is 20.3 Å². The molecule has 7 nitrogen and oxygen atoms in total. The summed E-state index contributed by atoms with van der Waals surface area (Å²) in [7, 11) is 1.58. The third kappa shape index (κ3) is 3.00. The van der Waals surface area contributed by atoms with Gasteiger partial charge in [-0.15, -0.1) is 0 Å². The second-order valence-corrected chi connectivity index (χ2v) is 6.76. The van der Waals surface area contributed by atoms with Gasteiger partial charge in [0.1, 0.15) is 6.33 Å². The second kappa shape index (κ2) is 6.40. The minimum atomic E-state index is -0.178. The highest BCUT2D eigenvalue weighted by molar-refractivity contribution is 5.98. The van der Waals surface area contributed by atoms with Crippen molar-refractivity contribution in [2.24, 2.45) is 5.92 Å². The molecule has 1 amide bonds. The van der Waals surface area contributed by atoms with Crippen LogP contribution in [0.2, 0.25) is 0 Å². The number of amides is 1. The molecular weight excluding hydrogens is 330 g/mol. The predicted molar refractivity (Wildman–Crippen MR) is 97.2 cm³/mol. The standard InChI is InChI=1S/C19H21N5O2/c1-11-8-15(14-6-7-20-16(9-14)26-3)23-18-17(21-10-24(11)18)19(25)22-12(2)13-4-5-13/h6-10,12-13H,4-5H2,1-3H3,(H,22,25)/t12-/m0/s1. The summed E-state index contributed by atoms with van der Waals surface area (Å²) >= 11 is 0. The predicted octanol–water partition coefficient (Wildman–Crippen LogP) is 2.64. The molecule has 0 bridgehead atoms. The van der Waals surface area contributed by atoms with Crippen molar-refractivity contribution in [2.75, 3.05) is 7.11 Å². The highest BCUT2D eigenvalue weighted by Gasteiger charge is 2.30. The average Bonchev–Trinajstić information content (AvgIpc) is 3.41. The highest BCUT2D eigenvalue weighted by Crippen LogP contribution is 2.32. The number of hydrogen-bond donors (Lipinski definition) is 1. The number of hydrogen-bond acceptors (Lipinski definition) is 5. The summed E-state index contributed by atoms with van der Waals surface area (Å²) in [5.41, 5.74) is 3.48. The molecule has 134 valence electrons. The Bertz CT molecular complexity index is 977. The van der Waals surface area contributed by atoms with Crippen LogP contribution < -0.4 is 10.1 Å². The maximum atomic E-state index is 12.7. The molecule has 1 aliphatic carbocycles. The molecule has 0 aromatic carbocycles. The topological polar surface area (TPSA) is 81.4 Å². The van der Waals surface area contributed by atoms with E-state index in [4.69, 9.17) is 4.74 Å². The van der Waals surface area contributed by atoms with E-state index < -0.39 is 0 Å². The maximum absolute atomic E-state index is 12.7. The van der Waals surface area contributed by atoms with Crippen LogP contribution in [0.1, 0.15) is 35.9 Å². The number of carbonyl (C=O) groups excluding carboxylic acids is 1. The Morgan fingerprint density at radius 1 is 1.35 bits per heavy atom. The fourth-order valence-corrected chi connectivity index (χ4v) is 3.10. The molecule has 3 heterocycles. The number of pyridine rings is 1. The van der Waals surface area contributed by atoms with Gasteiger partial charge in [-0.2, -0.15) is 0 Å². The zero-order chi connectivity index (χ0) is 18.3. The third-order valence-corrected chi connectivity index (χ3v) is 4.84. The normalized spacial score (nSPS) is 15.0. The molecule has 0 saturated heterocycles. The molecule has 0 aliphatic heterocycles. The Morgan fingerprint density at radius 2 is 2.15 bits per heavy atom. The molecule has 0 unspecified atom stereocenters. The molecule has 3 aromatic rings. The number of imidazole rings is 1. The van der Waals surface area contributed by atoms with Crippen LogP contribution in [-0.4, -0.2) is 38.4 Å². The van der Waals surface area contributed by atoms with Crippen molar-refractivity contribution >= 4 is 11.6 Å². The number of aromatic nitrogens is 4. The average molecular weight is 351 g/mol. The Kier molecular flexibility index (Phi) is 4.06. The Hall–Kier alpha value is -2.96. The summed E-state index contributed by atoms with van der Waals surface area (Å²) in [6.07, 6.45) is 5.68. The molecule has 7 heteroatoms. The summed E-state index contributed by atoms with van der Waals surface area (Å²) < 4.78 is 7.02. The zero-order valence-corrected chi connectivity index (χ0v) is 15.1. The van der Waals surface area contributed by atoms with E-state index in [-0.39, 0.29) is 11.9 Å². The van der Waals surface area contributed by atoms with Crippen LogP contribution >= 0.6 is 0 Å². The van der Waals surface area contributed by atoms with Crippen LogP contribution in [0, 0.1) is 12.8 Å². The van der Waals surface area contributed by atoms with E-state index in [0.717, 1.165) is 17.0 Å². The molecule has 4 rings (SSSR count). The van der Waals surface area contributed by atoms with Crippen molar-refractivity contribution in [3.63, 3.8) is 0 Å². The molecule has 1 fully saturated rings. The van der Waals surface area contributed by atoms with Gasteiger partial charge < -0.3 is 10.1 Å². The Balaban J connectivity index is 1.73. The first-order valence-electron chi connectivity index (χ1n) is 8.73. The summed E-state index contributed by atoms with van der Waals surface area (Å²) in [5.74, 6) is 0.928. The number of methoxy groups -OCH3 is 1. The lowest BCUT2D eigenvalue weighted by atomic mass is 10.1. The van der Waals surface area contributed by atoms with Crippen molar-refractivity contribution in [3.05, 3.63) is 42.1 Å². The fourth-order valence-electron chi connectivity index (χ4n) is 3.10. The molecule has 1 N–H and O–H groups in total. The van der Waals surface area contributed by atoms with Gasteiger partial charge in [-0.3, -0.25) is 9.20 Å². The van der Waals surface area contributed by atoms with Gasteiger partial charge in [0.25, 0.3) is 5.91 Å². The van der Waals surface area contributed by atoms with E-state index in [1.54, 1.807) is 19.6 Å². The van der Waals surface area contributed by atoms with Crippen LogP contribution in [-0.2, 0) is 0 Å². The van der Waals surface area contributed by atoms with Crippen molar-refractivity contribution in [3.8, 4) is 17.1 Å². The number of aryl methyl sites for hydroxylation is 1. The smallest absolute Gasteiger partial charge is 0.274 e. The maximum Gasteiger partial charge on any atom is 0.274 e. The second-order valence-electron chi connectivity index (χ2n) is 6.76. The lowest BCUT2D eigenvalue weighted by Crippen LogP contribution is -2.34. The van der Waals surface area contributed by atoms with Crippen LogP contribution in [0.5, 0.6) is 5.88 Å². The first-order chi connectivity index (χ1) is 12.6. The minimum Gasteiger partial charge on any atom is -0.481 e. The van der Waals surface area contributed by atoms with Gasteiger partial charge in [0.15, 0.2) is 11.3 Å². The van der Waals surface area contributed by atoms with Gasteiger partial charge in [0.2, 0.25) is 5.88 Å². The minimum absolute atomic E-state index is 0.160. The first-order valence-corrected chi connectivity index (χ1v) is 8.73. The van der Waals surface area contributed by atoms with E-state index >= 15 is 0 Å². The lowest BCUT2D eigenvalue weighted by molar-refractivity contribution is 0.0933. The van der Waals surface area contributed by atoms with Crippen LogP contribution in [0.4, 0.5) is 0 Å². The number of nitrogens with one attached hydrogen (secondary N) is 1. The van der Waals surface area contributed by atoms with Crippen molar-refractivity contribution in [2.45, 2.75) is 32.7 Å². The largest absolute Gasteiger partial charge is 0.481 e. The SMILES string of the molecule is COc1cc(-c2cc(C)n3cnc(C(=O)N[C@@H](C)C4CC4)c3n2)ccn1. The van der Waals surface area contributed by atoms with E-state index in [1.807, 2.05) is 36.4 Å². The van der Waals surface area contributed by atoms with Gasteiger partial charge in [-0.25, -0.2) is 15.0 Å². The molecule has 0 spiro atoms. The molecule has 0 radical (unpaired) electrons. The lowest BCUT2D eigenvalue weighted by Gasteiger charge is -2.12. The molecular formula is C19H21N5O2. The van der Waals surface area contributed by atoms with Gasteiger partial charge in [-0.05, 0) is 44.7 Å². The first kappa shape index (κ1) is 16.5. The van der Waals surface area contributed by atoms with Crippen molar-refractivity contribution in [1.82, 2.24) is 24.7 Å². The molecule has 3 aromatic heterocycles. The summed E-state index contributed by atoms with van der Waals surface area (Å²) in [6, 6.07) is 5.81. The molecule has 26 heavy (non-hydrogen) atoms. The Labute approximate surface area is 151 Å². The van der Waals surface area contributed by atoms with Crippen molar-refractivity contribution in [1.29, 1.82) is 0 Å². The fraction of sp³-hybridized carbons (Fsp3) is 0.368. The van der Waals surface area contributed by atoms with Gasteiger partial charge in [-0.1, -0.05) is 0 Å². The molecule has 1 saturated carbocycles. The number of fused-ring (bicyclic) bond motifs is 1. The van der Waals surface area contributed by atoms with Gasteiger partial charge >= 0.3 is 0 Å². The van der Waals surface area contributed by atoms with Crippen molar-refractivity contribution < 1.29 is 9.53 Å². The molecule has 1 aliphatic rings. The number of rotatable bonds is 5. The Morgan fingerprint density at radius 3 is 2.88 bits per heavy atom. The molecule has 1 atom stereocenters. The quantitative estimate of drug-likeness (QED) is 0.764. The van der Waals surface area contributed by atoms with Crippen LogP contribution in [0.15, 0.2) is 30.7 Å². The third-order valence-electron chi connectivity index (χ3n) is 4.84. The van der Waals surface area contributed by atoms with Gasteiger partial charge in [0.05, 0.1) is 12.8 Å². The van der Waals surface area contributed by atoms with E-state index in [9.17, 15) is 4.79 Å². The van der Waals surface area contributed by atoms with Crippen LogP contribution in [0.3, 0.4) is 0 Å². The summed E-state index contributed by atoms with van der Waals surface area (Å²) in [5, 5.41) is 3.05. The van der Waals surface area contributed by atoms with E-state index in [1.165, 1.54) is 12.8 Å². The highest BCUT2D eigenvalue weighted by atomic mass is 16.5. The summed E-state index contributed by atoms with van der Waals surface area (Å²) in [6.45, 7) is 4.01.